The lowest BCUT2D eigenvalue weighted by Gasteiger charge is -2.18. The van der Waals surface area contributed by atoms with Crippen molar-refractivity contribution >= 4 is 5.78 Å². The standard InChI is InChI=1S/C19H18O2/c1-3-10-21-18-12-14-6-4-5-7-15(14)19(20)16-9-8-13(2)11-17(16)18/h3-9,11,18H,1,10,12H2,2H3. The second-order valence-electron chi connectivity index (χ2n) is 5.39. The Morgan fingerprint density at radius 3 is 2.86 bits per heavy atom. The fourth-order valence-corrected chi connectivity index (χ4v) is 2.86. The van der Waals surface area contributed by atoms with Crippen molar-refractivity contribution in [3.63, 3.8) is 0 Å². The van der Waals surface area contributed by atoms with E-state index in [4.69, 9.17) is 4.74 Å². The molecule has 0 fully saturated rings. The van der Waals surface area contributed by atoms with E-state index in [9.17, 15) is 4.79 Å². The topological polar surface area (TPSA) is 26.3 Å². The van der Waals surface area contributed by atoms with E-state index in [1.165, 1.54) is 0 Å². The fourth-order valence-electron chi connectivity index (χ4n) is 2.86. The van der Waals surface area contributed by atoms with Crippen molar-refractivity contribution in [3.05, 3.63) is 82.9 Å². The molecule has 2 aromatic rings. The summed E-state index contributed by atoms with van der Waals surface area (Å²) in [6.07, 6.45) is 2.35. The minimum absolute atomic E-state index is 0.0882. The van der Waals surface area contributed by atoms with Crippen LogP contribution in [0.3, 0.4) is 0 Å². The number of hydrogen-bond donors (Lipinski definition) is 0. The van der Waals surface area contributed by atoms with Crippen molar-refractivity contribution in [3.8, 4) is 0 Å². The van der Waals surface area contributed by atoms with Crippen LogP contribution < -0.4 is 0 Å². The third kappa shape index (κ3) is 2.55. The van der Waals surface area contributed by atoms with Gasteiger partial charge in [0.1, 0.15) is 0 Å². The number of ketones is 1. The van der Waals surface area contributed by atoms with Gasteiger partial charge in [0, 0.05) is 17.5 Å². The SMILES string of the molecule is C=CCOC1Cc2ccccc2C(=O)c2ccc(C)cc21. The molecule has 2 nitrogen and oxygen atoms in total. The Morgan fingerprint density at radius 2 is 2.05 bits per heavy atom. The highest BCUT2D eigenvalue weighted by Crippen LogP contribution is 2.33. The van der Waals surface area contributed by atoms with Crippen molar-refractivity contribution in [2.75, 3.05) is 6.61 Å². The minimum Gasteiger partial charge on any atom is -0.369 e. The van der Waals surface area contributed by atoms with Crippen LogP contribution in [0.1, 0.15) is 38.7 Å². The molecule has 0 saturated carbocycles. The smallest absolute Gasteiger partial charge is 0.193 e. The summed E-state index contributed by atoms with van der Waals surface area (Å²) < 4.78 is 5.93. The summed E-state index contributed by atoms with van der Waals surface area (Å²) in [6.45, 7) is 6.22. The number of aryl methyl sites for hydroxylation is 1. The molecule has 1 aliphatic carbocycles. The van der Waals surface area contributed by atoms with Crippen LogP contribution in [0.15, 0.2) is 55.1 Å². The van der Waals surface area contributed by atoms with E-state index in [0.29, 0.717) is 13.0 Å². The third-order valence-electron chi connectivity index (χ3n) is 3.88. The van der Waals surface area contributed by atoms with E-state index in [-0.39, 0.29) is 11.9 Å². The van der Waals surface area contributed by atoms with E-state index in [0.717, 1.165) is 27.8 Å². The largest absolute Gasteiger partial charge is 0.369 e. The molecule has 0 N–H and O–H groups in total. The van der Waals surface area contributed by atoms with E-state index >= 15 is 0 Å². The predicted molar refractivity (Wildman–Crippen MR) is 83.6 cm³/mol. The number of benzene rings is 2. The van der Waals surface area contributed by atoms with Crippen LogP contribution in [0.2, 0.25) is 0 Å². The molecule has 0 saturated heterocycles. The van der Waals surface area contributed by atoms with Crippen LogP contribution >= 0.6 is 0 Å². The summed E-state index contributed by atoms with van der Waals surface area (Å²) >= 11 is 0. The lowest BCUT2D eigenvalue weighted by molar-refractivity contribution is 0.0743. The van der Waals surface area contributed by atoms with Gasteiger partial charge in [-0.25, -0.2) is 0 Å². The molecular weight excluding hydrogens is 260 g/mol. The first-order chi connectivity index (χ1) is 10.2. The molecule has 0 aromatic heterocycles. The van der Waals surface area contributed by atoms with Gasteiger partial charge in [0.2, 0.25) is 0 Å². The highest BCUT2D eigenvalue weighted by atomic mass is 16.5. The lowest BCUT2D eigenvalue weighted by Crippen LogP contribution is -2.09. The van der Waals surface area contributed by atoms with Crippen molar-refractivity contribution in [1.82, 2.24) is 0 Å². The quantitative estimate of drug-likeness (QED) is 0.792. The average molecular weight is 278 g/mol. The third-order valence-corrected chi connectivity index (χ3v) is 3.88. The van der Waals surface area contributed by atoms with Gasteiger partial charge in [0.15, 0.2) is 5.78 Å². The first-order valence-electron chi connectivity index (χ1n) is 7.16. The summed E-state index contributed by atoms with van der Waals surface area (Å²) in [4.78, 5) is 12.8. The van der Waals surface area contributed by atoms with Crippen molar-refractivity contribution < 1.29 is 9.53 Å². The molecule has 0 amide bonds. The van der Waals surface area contributed by atoms with Gasteiger partial charge >= 0.3 is 0 Å². The maximum atomic E-state index is 12.8. The molecule has 3 rings (SSSR count). The zero-order valence-corrected chi connectivity index (χ0v) is 12.1. The molecule has 1 atom stereocenters. The minimum atomic E-state index is -0.106. The van der Waals surface area contributed by atoms with E-state index in [1.54, 1.807) is 6.08 Å². The number of rotatable bonds is 3. The van der Waals surface area contributed by atoms with E-state index in [1.807, 2.05) is 43.3 Å². The van der Waals surface area contributed by atoms with Gasteiger partial charge in [0.25, 0.3) is 0 Å². The Kier molecular flexibility index (Phi) is 3.72. The molecule has 0 bridgehead atoms. The lowest BCUT2D eigenvalue weighted by atomic mass is 9.97. The highest BCUT2D eigenvalue weighted by molar-refractivity contribution is 6.11. The Morgan fingerprint density at radius 1 is 1.24 bits per heavy atom. The first kappa shape index (κ1) is 13.8. The first-order valence-corrected chi connectivity index (χ1v) is 7.16. The summed E-state index contributed by atoms with van der Waals surface area (Å²) in [7, 11) is 0. The second kappa shape index (κ2) is 5.66. The number of carbonyl (C=O) groups is 1. The van der Waals surface area contributed by atoms with Crippen molar-refractivity contribution in [2.45, 2.75) is 19.4 Å². The van der Waals surface area contributed by atoms with Gasteiger partial charge in [-0.15, -0.1) is 6.58 Å². The van der Waals surface area contributed by atoms with E-state index in [2.05, 4.69) is 12.6 Å². The van der Waals surface area contributed by atoms with Gasteiger partial charge in [-0.3, -0.25) is 4.79 Å². The Hall–Kier alpha value is -2.19. The van der Waals surface area contributed by atoms with Gasteiger partial charge in [-0.05, 0) is 18.1 Å². The maximum absolute atomic E-state index is 12.8. The zero-order chi connectivity index (χ0) is 14.8. The molecular formula is C19H18O2. The van der Waals surface area contributed by atoms with Crippen molar-refractivity contribution in [1.29, 1.82) is 0 Å². The molecule has 2 heteroatoms. The van der Waals surface area contributed by atoms with Crippen LogP contribution in [-0.4, -0.2) is 12.4 Å². The highest BCUT2D eigenvalue weighted by Gasteiger charge is 2.27. The van der Waals surface area contributed by atoms with Gasteiger partial charge < -0.3 is 4.74 Å². The molecule has 0 aliphatic heterocycles. The fraction of sp³-hybridized carbons (Fsp3) is 0.211. The molecule has 0 heterocycles. The summed E-state index contributed by atoms with van der Waals surface area (Å²) in [6, 6.07) is 13.8. The summed E-state index contributed by atoms with van der Waals surface area (Å²) in [5, 5.41) is 0. The molecule has 21 heavy (non-hydrogen) atoms. The Bertz CT molecular complexity index is 700. The molecule has 2 aromatic carbocycles. The van der Waals surface area contributed by atoms with Crippen LogP contribution in [0.4, 0.5) is 0 Å². The molecule has 0 radical (unpaired) electrons. The monoisotopic (exact) mass is 278 g/mol. The summed E-state index contributed by atoms with van der Waals surface area (Å²) in [5.41, 5.74) is 4.70. The molecule has 106 valence electrons. The average Bonchev–Trinajstić information content (AvgIpc) is 2.61. The van der Waals surface area contributed by atoms with Gasteiger partial charge in [-0.2, -0.15) is 0 Å². The Labute approximate surface area is 125 Å². The normalized spacial score (nSPS) is 16.8. The van der Waals surface area contributed by atoms with Crippen LogP contribution in [0.5, 0.6) is 0 Å². The second-order valence-corrected chi connectivity index (χ2v) is 5.39. The van der Waals surface area contributed by atoms with Gasteiger partial charge in [-0.1, -0.05) is 54.1 Å². The zero-order valence-electron chi connectivity index (χ0n) is 12.1. The van der Waals surface area contributed by atoms with Gasteiger partial charge in [0.05, 0.1) is 12.7 Å². The molecule has 1 unspecified atom stereocenters. The molecule has 1 aliphatic rings. The summed E-state index contributed by atoms with van der Waals surface area (Å²) in [5.74, 6) is 0.0882. The van der Waals surface area contributed by atoms with Crippen LogP contribution in [0.25, 0.3) is 0 Å². The molecule has 0 spiro atoms. The Balaban J connectivity index is 2.15. The number of hydrogen-bond acceptors (Lipinski definition) is 2. The van der Waals surface area contributed by atoms with E-state index < -0.39 is 0 Å². The van der Waals surface area contributed by atoms with Crippen LogP contribution in [0, 0.1) is 6.92 Å². The van der Waals surface area contributed by atoms with Crippen LogP contribution in [-0.2, 0) is 11.2 Å². The number of fused-ring (bicyclic) bond motifs is 2. The maximum Gasteiger partial charge on any atom is 0.193 e. The number of ether oxygens (including phenoxy) is 1. The number of carbonyl (C=O) groups excluding carboxylic acids is 1. The van der Waals surface area contributed by atoms with Crippen molar-refractivity contribution in [2.24, 2.45) is 0 Å². The predicted octanol–water partition coefficient (Wildman–Crippen LogP) is 4.03.